The van der Waals surface area contributed by atoms with E-state index in [0.29, 0.717) is 23.4 Å². The molecule has 7 nitrogen and oxygen atoms in total. The summed E-state index contributed by atoms with van der Waals surface area (Å²) in [6.07, 6.45) is 0. The number of urea groups is 1. The average Bonchev–Trinajstić information content (AvgIpc) is 2.71. The van der Waals surface area contributed by atoms with Crippen molar-refractivity contribution in [3.05, 3.63) is 64.2 Å². The number of phenolic OH excluding ortho intramolecular Hbond substituents is 1. The number of halogens is 1. The van der Waals surface area contributed by atoms with Gasteiger partial charge in [0.1, 0.15) is 0 Å². The SMILES string of the molecule is CCOC(=O)C1=C(c2ccccc2)NC(=O)N[C@@H]1c1cc(Cl)c(O)c(OCC)c1. The maximum absolute atomic E-state index is 12.8. The third-order valence-electron chi connectivity index (χ3n) is 4.31. The second-order valence-electron chi connectivity index (χ2n) is 6.19. The highest BCUT2D eigenvalue weighted by Gasteiger charge is 2.35. The molecule has 0 radical (unpaired) electrons. The molecule has 2 aromatic rings. The van der Waals surface area contributed by atoms with Crippen molar-refractivity contribution in [3.63, 3.8) is 0 Å². The van der Waals surface area contributed by atoms with Gasteiger partial charge in [0, 0.05) is 0 Å². The van der Waals surface area contributed by atoms with Crippen LogP contribution in [0, 0.1) is 0 Å². The molecule has 3 N–H and O–H groups in total. The van der Waals surface area contributed by atoms with Gasteiger partial charge in [0.05, 0.1) is 35.5 Å². The van der Waals surface area contributed by atoms with Gasteiger partial charge in [0.15, 0.2) is 11.5 Å². The Morgan fingerprint density at radius 2 is 1.90 bits per heavy atom. The van der Waals surface area contributed by atoms with Crippen molar-refractivity contribution >= 4 is 29.3 Å². The van der Waals surface area contributed by atoms with Gasteiger partial charge in [-0.2, -0.15) is 0 Å². The molecule has 29 heavy (non-hydrogen) atoms. The molecule has 0 unspecified atom stereocenters. The summed E-state index contributed by atoms with van der Waals surface area (Å²) in [5.74, 6) is -0.624. The molecule has 2 amide bonds. The number of rotatable bonds is 6. The molecule has 0 fully saturated rings. The summed E-state index contributed by atoms with van der Waals surface area (Å²) < 4.78 is 10.7. The van der Waals surface area contributed by atoms with Crippen LogP contribution in [0.4, 0.5) is 4.79 Å². The Morgan fingerprint density at radius 3 is 2.55 bits per heavy atom. The number of ether oxygens (including phenoxy) is 2. The fourth-order valence-electron chi connectivity index (χ4n) is 3.10. The van der Waals surface area contributed by atoms with Gasteiger partial charge in [-0.15, -0.1) is 0 Å². The summed E-state index contributed by atoms with van der Waals surface area (Å²) in [5.41, 5.74) is 1.70. The van der Waals surface area contributed by atoms with Crippen molar-refractivity contribution in [2.45, 2.75) is 19.9 Å². The van der Waals surface area contributed by atoms with Crippen LogP contribution in [0.15, 0.2) is 48.0 Å². The van der Waals surface area contributed by atoms with Crippen LogP contribution in [0.1, 0.15) is 31.0 Å². The standard InChI is InChI=1S/C21H21ClN2O5/c1-3-28-15-11-13(10-14(22)19(15)25)18-16(20(26)29-4-2)17(23-21(27)24-18)12-8-6-5-7-9-12/h5-11,18,25H,3-4H2,1-2H3,(H2,23,24,27)/t18-/m1/s1. The Balaban J connectivity index is 2.20. The van der Waals surface area contributed by atoms with Crippen molar-refractivity contribution < 1.29 is 24.2 Å². The van der Waals surface area contributed by atoms with Crippen molar-refractivity contribution in [2.75, 3.05) is 13.2 Å². The number of hydrogen-bond acceptors (Lipinski definition) is 5. The van der Waals surface area contributed by atoms with E-state index >= 15 is 0 Å². The Labute approximate surface area is 173 Å². The Morgan fingerprint density at radius 1 is 1.17 bits per heavy atom. The normalized spacial score (nSPS) is 16.1. The summed E-state index contributed by atoms with van der Waals surface area (Å²) in [6, 6.07) is 10.7. The fourth-order valence-corrected chi connectivity index (χ4v) is 3.32. The Kier molecular flexibility index (Phi) is 6.29. The van der Waals surface area contributed by atoms with Crippen molar-refractivity contribution in [3.8, 4) is 11.5 Å². The van der Waals surface area contributed by atoms with Crippen LogP contribution in [0.5, 0.6) is 11.5 Å². The largest absolute Gasteiger partial charge is 0.503 e. The van der Waals surface area contributed by atoms with E-state index in [1.807, 2.05) is 6.07 Å². The van der Waals surface area contributed by atoms with E-state index < -0.39 is 18.0 Å². The molecule has 152 valence electrons. The lowest BCUT2D eigenvalue weighted by atomic mass is 9.92. The minimum absolute atomic E-state index is 0.0446. The predicted molar refractivity (Wildman–Crippen MR) is 109 cm³/mol. The third-order valence-corrected chi connectivity index (χ3v) is 4.60. The third kappa shape index (κ3) is 4.30. The summed E-state index contributed by atoms with van der Waals surface area (Å²) in [7, 11) is 0. The van der Waals surface area contributed by atoms with Gasteiger partial charge in [0.25, 0.3) is 0 Å². The van der Waals surface area contributed by atoms with E-state index in [9.17, 15) is 14.7 Å². The number of nitrogens with one attached hydrogen (secondary N) is 2. The number of esters is 1. The molecule has 2 aromatic carbocycles. The lowest BCUT2D eigenvalue weighted by molar-refractivity contribution is -0.138. The first kappa shape index (κ1) is 20.5. The van der Waals surface area contributed by atoms with E-state index in [1.54, 1.807) is 44.2 Å². The number of benzene rings is 2. The molecule has 1 aliphatic rings. The quantitative estimate of drug-likeness (QED) is 0.623. The number of amides is 2. The number of phenols is 1. The molecule has 1 heterocycles. The van der Waals surface area contributed by atoms with Crippen LogP contribution in [-0.2, 0) is 9.53 Å². The number of carbonyl (C=O) groups is 2. The van der Waals surface area contributed by atoms with Crippen molar-refractivity contribution in [1.29, 1.82) is 0 Å². The minimum atomic E-state index is -0.852. The first-order valence-corrected chi connectivity index (χ1v) is 9.53. The van der Waals surface area contributed by atoms with Crippen LogP contribution < -0.4 is 15.4 Å². The van der Waals surface area contributed by atoms with Gasteiger partial charge in [-0.05, 0) is 37.1 Å². The molecule has 0 aromatic heterocycles. The minimum Gasteiger partial charge on any atom is -0.503 e. The maximum atomic E-state index is 12.8. The van der Waals surface area contributed by atoms with E-state index in [0.717, 1.165) is 0 Å². The van der Waals surface area contributed by atoms with Crippen LogP contribution in [-0.4, -0.2) is 30.3 Å². The molecule has 0 bridgehead atoms. The highest BCUT2D eigenvalue weighted by Crippen LogP contribution is 2.40. The van der Waals surface area contributed by atoms with Gasteiger partial charge in [-0.1, -0.05) is 41.9 Å². The fraction of sp³-hybridized carbons (Fsp3) is 0.238. The summed E-state index contributed by atoms with van der Waals surface area (Å²) in [6.45, 7) is 3.95. The number of aromatic hydroxyl groups is 1. The molecule has 0 saturated heterocycles. The second kappa shape index (κ2) is 8.87. The van der Waals surface area contributed by atoms with Gasteiger partial charge < -0.3 is 25.2 Å². The van der Waals surface area contributed by atoms with Crippen molar-refractivity contribution in [2.24, 2.45) is 0 Å². The van der Waals surface area contributed by atoms with E-state index in [2.05, 4.69) is 10.6 Å². The molecular formula is C21H21ClN2O5. The topological polar surface area (TPSA) is 96.9 Å². The molecular weight excluding hydrogens is 396 g/mol. The molecule has 1 atom stereocenters. The van der Waals surface area contributed by atoms with E-state index in [-0.39, 0.29) is 28.7 Å². The van der Waals surface area contributed by atoms with Crippen LogP contribution in [0.25, 0.3) is 5.70 Å². The lowest BCUT2D eigenvalue weighted by Crippen LogP contribution is -2.45. The summed E-state index contributed by atoms with van der Waals surface area (Å²) in [4.78, 5) is 25.2. The molecule has 0 aliphatic carbocycles. The number of hydrogen-bond donors (Lipinski definition) is 3. The predicted octanol–water partition coefficient (Wildman–Crippen LogP) is 3.77. The first-order valence-electron chi connectivity index (χ1n) is 9.15. The van der Waals surface area contributed by atoms with Crippen LogP contribution in [0.3, 0.4) is 0 Å². The lowest BCUT2D eigenvalue weighted by Gasteiger charge is -2.30. The van der Waals surface area contributed by atoms with Crippen LogP contribution in [0.2, 0.25) is 5.02 Å². The number of carbonyl (C=O) groups excluding carboxylic acids is 2. The monoisotopic (exact) mass is 416 g/mol. The Hall–Kier alpha value is -3.19. The smallest absolute Gasteiger partial charge is 0.338 e. The van der Waals surface area contributed by atoms with E-state index in [1.165, 1.54) is 6.07 Å². The average molecular weight is 417 g/mol. The Bertz CT molecular complexity index is 959. The van der Waals surface area contributed by atoms with Gasteiger partial charge >= 0.3 is 12.0 Å². The van der Waals surface area contributed by atoms with Crippen molar-refractivity contribution in [1.82, 2.24) is 10.6 Å². The van der Waals surface area contributed by atoms with Crippen LogP contribution >= 0.6 is 11.6 Å². The highest BCUT2D eigenvalue weighted by molar-refractivity contribution is 6.32. The first-order chi connectivity index (χ1) is 14.0. The molecule has 8 heteroatoms. The zero-order chi connectivity index (χ0) is 21.0. The zero-order valence-corrected chi connectivity index (χ0v) is 16.7. The highest BCUT2D eigenvalue weighted by atomic mass is 35.5. The van der Waals surface area contributed by atoms with Gasteiger partial charge in [0.2, 0.25) is 0 Å². The molecule has 0 saturated carbocycles. The van der Waals surface area contributed by atoms with Gasteiger partial charge in [-0.25, -0.2) is 9.59 Å². The summed E-state index contributed by atoms with van der Waals surface area (Å²) >= 11 is 6.16. The molecule has 3 rings (SSSR count). The van der Waals surface area contributed by atoms with Gasteiger partial charge in [-0.3, -0.25) is 0 Å². The maximum Gasteiger partial charge on any atom is 0.338 e. The summed E-state index contributed by atoms with van der Waals surface area (Å²) in [5, 5.41) is 15.6. The molecule has 1 aliphatic heterocycles. The zero-order valence-electron chi connectivity index (χ0n) is 16.0. The van der Waals surface area contributed by atoms with E-state index in [4.69, 9.17) is 21.1 Å². The second-order valence-corrected chi connectivity index (χ2v) is 6.60. The molecule has 0 spiro atoms.